The molecule has 1 aromatic carbocycles. The van der Waals surface area contributed by atoms with E-state index in [1.165, 1.54) is 4.88 Å². The molecule has 0 saturated carbocycles. The van der Waals surface area contributed by atoms with Crippen LogP contribution in [0.15, 0.2) is 24.4 Å². The number of aromatic nitrogens is 3. The third-order valence-corrected chi connectivity index (χ3v) is 4.32. The minimum atomic E-state index is 0.519. The second-order valence-corrected chi connectivity index (χ2v) is 6.43. The Hall–Kier alpha value is -1.90. The molecule has 21 heavy (non-hydrogen) atoms. The van der Waals surface area contributed by atoms with Crippen LogP contribution < -0.4 is 0 Å². The lowest BCUT2D eigenvalue weighted by Crippen LogP contribution is -2.05. The molecule has 3 rings (SSSR count). The summed E-state index contributed by atoms with van der Waals surface area (Å²) < 4.78 is 2.11. The van der Waals surface area contributed by atoms with Crippen LogP contribution in [0.4, 0.5) is 0 Å². The van der Waals surface area contributed by atoms with Gasteiger partial charge in [0.15, 0.2) is 0 Å². The number of hydrogen-bond donors (Lipinski definition) is 0. The Balaban J connectivity index is 2.12. The molecule has 0 saturated heterocycles. The van der Waals surface area contributed by atoms with E-state index in [1.807, 2.05) is 25.3 Å². The zero-order valence-electron chi connectivity index (χ0n) is 11.5. The summed E-state index contributed by atoms with van der Waals surface area (Å²) in [4.78, 5) is 10.2. The average Bonchev–Trinajstić information content (AvgIpc) is 3.04. The summed E-state index contributed by atoms with van der Waals surface area (Å²) in [7, 11) is 0. The summed E-state index contributed by atoms with van der Waals surface area (Å²) >= 11 is 7.56. The minimum absolute atomic E-state index is 0.519. The van der Waals surface area contributed by atoms with Crippen LogP contribution in [0.1, 0.15) is 21.3 Å². The number of benzene rings is 1. The molecule has 0 radical (unpaired) electrons. The molecule has 4 nitrogen and oxygen atoms in total. The Labute approximate surface area is 131 Å². The topological polar surface area (TPSA) is 54.5 Å². The molecule has 0 unspecified atom stereocenters. The Morgan fingerprint density at radius 3 is 2.95 bits per heavy atom. The molecule has 2 aromatic heterocycles. The first-order chi connectivity index (χ1) is 10.2. The lowest BCUT2D eigenvalue weighted by molar-refractivity contribution is 0.750. The standard InChI is InChI=1S/C15H13ClN4S/c1-10-8-18-15(21-10)9-20-13-6-11(7-17)2-3-12(13)19-14(20)4-5-16/h2-3,6,8H,4-5,9H2,1H3. The van der Waals surface area contributed by atoms with E-state index in [-0.39, 0.29) is 0 Å². The van der Waals surface area contributed by atoms with Crippen molar-refractivity contribution in [2.45, 2.75) is 19.9 Å². The molecular formula is C15H13ClN4S. The molecule has 0 spiro atoms. The van der Waals surface area contributed by atoms with Crippen LogP contribution in [0.2, 0.25) is 0 Å². The SMILES string of the molecule is Cc1cnc(Cn2c(CCCl)nc3ccc(C#N)cc32)s1. The highest BCUT2D eigenvalue weighted by Crippen LogP contribution is 2.22. The monoisotopic (exact) mass is 316 g/mol. The molecule has 0 atom stereocenters. The summed E-state index contributed by atoms with van der Waals surface area (Å²) in [6, 6.07) is 7.72. The fourth-order valence-electron chi connectivity index (χ4n) is 2.30. The quantitative estimate of drug-likeness (QED) is 0.692. The Bertz CT molecular complexity index is 828. The van der Waals surface area contributed by atoms with Gasteiger partial charge in [-0.05, 0) is 25.1 Å². The maximum absolute atomic E-state index is 9.08. The van der Waals surface area contributed by atoms with Gasteiger partial charge in [-0.1, -0.05) is 0 Å². The van der Waals surface area contributed by atoms with E-state index in [0.717, 1.165) is 21.9 Å². The van der Waals surface area contributed by atoms with Gasteiger partial charge in [0.05, 0.1) is 29.2 Å². The molecule has 0 aliphatic heterocycles. The van der Waals surface area contributed by atoms with Crippen LogP contribution >= 0.6 is 22.9 Å². The zero-order valence-corrected chi connectivity index (χ0v) is 13.1. The number of nitrogens with zero attached hydrogens (tertiary/aromatic N) is 4. The van der Waals surface area contributed by atoms with Gasteiger partial charge in [-0.3, -0.25) is 0 Å². The van der Waals surface area contributed by atoms with E-state index in [9.17, 15) is 0 Å². The highest BCUT2D eigenvalue weighted by molar-refractivity contribution is 7.11. The number of halogens is 1. The molecule has 2 heterocycles. The second-order valence-electron chi connectivity index (χ2n) is 4.73. The zero-order chi connectivity index (χ0) is 14.8. The first kappa shape index (κ1) is 14.1. The highest BCUT2D eigenvalue weighted by Gasteiger charge is 2.13. The maximum Gasteiger partial charge on any atom is 0.113 e. The predicted molar refractivity (Wildman–Crippen MR) is 84.8 cm³/mol. The molecule has 0 fully saturated rings. The van der Waals surface area contributed by atoms with Gasteiger partial charge >= 0.3 is 0 Å². The van der Waals surface area contributed by atoms with E-state index in [0.29, 0.717) is 24.4 Å². The van der Waals surface area contributed by atoms with Gasteiger partial charge in [-0.15, -0.1) is 22.9 Å². The van der Waals surface area contributed by atoms with Crippen LogP contribution in [0.25, 0.3) is 11.0 Å². The lowest BCUT2D eigenvalue weighted by Gasteiger charge is -2.06. The van der Waals surface area contributed by atoms with E-state index in [2.05, 4.69) is 20.6 Å². The number of alkyl halides is 1. The molecule has 0 aliphatic rings. The summed E-state index contributed by atoms with van der Waals surface area (Å²) in [5.74, 6) is 1.45. The summed E-state index contributed by atoms with van der Waals surface area (Å²) in [5, 5.41) is 10.1. The number of imidazole rings is 1. The fourth-order valence-corrected chi connectivity index (χ4v) is 3.25. The number of hydrogen-bond acceptors (Lipinski definition) is 4. The van der Waals surface area contributed by atoms with Crippen molar-refractivity contribution in [2.24, 2.45) is 0 Å². The highest BCUT2D eigenvalue weighted by atomic mass is 35.5. The van der Waals surface area contributed by atoms with Crippen molar-refractivity contribution in [3.8, 4) is 6.07 Å². The van der Waals surface area contributed by atoms with E-state index in [1.54, 1.807) is 17.4 Å². The number of fused-ring (bicyclic) bond motifs is 1. The van der Waals surface area contributed by atoms with Crippen molar-refractivity contribution in [1.82, 2.24) is 14.5 Å². The number of thiazole rings is 1. The van der Waals surface area contributed by atoms with Crippen molar-refractivity contribution in [3.63, 3.8) is 0 Å². The van der Waals surface area contributed by atoms with Crippen molar-refractivity contribution in [1.29, 1.82) is 5.26 Å². The molecule has 0 bridgehead atoms. The van der Waals surface area contributed by atoms with E-state index < -0.39 is 0 Å². The van der Waals surface area contributed by atoms with Crippen molar-refractivity contribution in [3.05, 3.63) is 45.7 Å². The van der Waals surface area contributed by atoms with Gasteiger partial charge < -0.3 is 4.57 Å². The Kier molecular flexibility index (Phi) is 3.91. The largest absolute Gasteiger partial charge is 0.321 e. The van der Waals surface area contributed by atoms with Crippen LogP contribution in [0, 0.1) is 18.3 Å². The molecule has 3 aromatic rings. The summed E-state index contributed by atoms with van der Waals surface area (Å²) in [6.45, 7) is 2.71. The normalized spacial score (nSPS) is 10.9. The van der Waals surface area contributed by atoms with Crippen LogP contribution in [0.3, 0.4) is 0 Å². The lowest BCUT2D eigenvalue weighted by atomic mass is 10.2. The average molecular weight is 317 g/mol. The third-order valence-electron chi connectivity index (χ3n) is 3.24. The van der Waals surface area contributed by atoms with Gasteiger partial charge in [0.1, 0.15) is 10.8 Å². The van der Waals surface area contributed by atoms with Crippen LogP contribution in [0.5, 0.6) is 0 Å². The Morgan fingerprint density at radius 1 is 1.43 bits per heavy atom. The second kappa shape index (κ2) is 5.84. The molecule has 0 amide bonds. The first-order valence-electron chi connectivity index (χ1n) is 6.58. The molecule has 0 N–H and O–H groups in total. The van der Waals surface area contributed by atoms with Crippen molar-refractivity contribution in [2.75, 3.05) is 5.88 Å². The third kappa shape index (κ3) is 2.78. The molecule has 0 aliphatic carbocycles. The summed E-state index contributed by atoms with van der Waals surface area (Å²) in [5.41, 5.74) is 2.49. The molecule has 106 valence electrons. The maximum atomic E-state index is 9.08. The van der Waals surface area contributed by atoms with Gasteiger partial charge in [0, 0.05) is 23.4 Å². The number of rotatable bonds is 4. The van der Waals surface area contributed by atoms with Gasteiger partial charge in [0.2, 0.25) is 0 Å². The van der Waals surface area contributed by atoms with Crippen molar-refractivity contribution < 1.29 is 0 Å². The van der Waals surface area contributed by atoms with Crippen LogP contribution in [-0.4, -0.2) is 20.4 Å². The molecule has 6 heteroatoms. The van der Waals surface area contributed by atoms with Crippen molar-refractivity contribution >= 4 is 34.0 Å². The van der Waals surface area contributed by atoms with Gasteiger partial charge in [0.25, 0.3) is 0 Å². The summed E-state index contributed by atoms with van der Waals surface area (Å²) in [6.07, 6.45) is 2.57. The first-order valence-corrected chi connectivity index (χ1v) is 7.93. The predicted octanol–water partition coefficient (Wildman–Crippen LogP) is 3.50. The number of nitriles is 1. The molecular weight excluding hydrogens is 304 g/mol. The van der Waals surface area contributed by atoms with E-state index in [4.69, 9.17) is 16.9 Å². The Morgan fingerprint density at radius 2 is 2.29 bits per heavy atom. The van der Waals surface area contributed by atoms with Gasteiger partial charge in [-0.25, -0.2) is 9.97 Å². The fraction of sp³-hybridized carbons (Fsp3) is 0.267. The van der Waals surface area contributed by atoms with Crippen LogP contribution in [-0.2, 0) is 13.0 Å². The minimum Gasteiger partial charge on any atom is -0.321 e. The smallest absolute Gasteiger partial charge is 0.113 e. The van der Waals surface area contributed by atoms with Gasteiger partial charge in [-0.2, -0.15) is 5.26 Å². The van der Waals surface area contributed by atoms with E-state index >= 15 is 0 Å². The number of aryl methyl sites for hydroxylation is 2.